The number of anilines is 1. The predicted molar refractivity (Wildman–Crippen MR) is 109 cm³/mol. The van der Waals surface area contributed by atoms with Crippen molar-refractivity contribution in [3.63, 3.8) is 0 Å². The van der Waals surface area contributed by atoms with Crippen molar-refractivity contribution in [1.82, 2.24) is 4.98 Å². The van der Waals surface area contributed by atoms with Gasteiger partial charge in [0.05, 0.1) is 44.5 Å². The number of carbonyl (C=O) groups excluding carboxylic acids is 2. The lowest BCUT2D eigenvalue weighted by Gasteiger charge is -2.36. The Morgan fingerprint density at radius 3 is 2.39 bits per heavy atom. The van der Waals surface area contributed by atoms with Crippen LogP contribution in [0.5, 0.6) is 0 Å². The van der Waals surface area contributed by atoms with Crippen molar-refractivity contribution in [2.75, 3.05) is 38.2 Å². The van der Waals surface area contributed by atoms with Gasteiger partial charge in [0, 0.05) is 11.4 Å². The summed E-state index contributed by atoms with van der Waals surface area (Å²) in [5.41, 5.74) is 4.91. The third-order valence-corrected chi connectivity index (χ3v) is 5.94. The summed E-state index contributed by atoms with van der Waals surface area (Å²) in [5.74, 6) is -0.354. The van der Waals surface area contributed by atoms with E-state index in [0.29, 0.717) is 22.5 Å². The number of H-pyrrole nitrogens is 1. The summed E-state index contributed by atoms with van der Waals surface area (Å²) in [7, 11) is 1.36. The largest absolute Gasteiger partial charge is 0.465 e. The highest BCUT2D eigenvalue weighted by Crippen LogP contribution is 2.21. The Morgan fingerprint density at radius 1 is 1.14 bits per heavy atom. The molecule has 0 radical (unpaired) electrons. The van der Waals surface area contributed by atoms with Crippen molar-refractivity contribution in [2.45, 2.75) is 33.7 Å². The SMILES string of the molecule is COC(=O)c1c(C)[nH]c(C(=O)[C@H](C)[NH+]2CCN(c3ccccc3C)CC2)c1C. The van der Waals surface area contributed by atoms with E-state index in [2.05, 4.69) is 41.1 Å². The van der Waals surface area contributed by atoms with Crippen LogP contribution in [0.3, 0.4) is 0 Å². The molecule has 6 nitrogen and oxygen atoms in total. The van der Waals surface area contributed by atoms with Crippen molar-refractivity contribution in [3.8, 4) is 0 Å². The van der Waals surface area contributed by atoms with E-state index in [1.54, 1.807) is 13.8 Å². The van der Waals surface area contributed by atoms with Crippen LogP contribution in [0.2, 0.25) is 0 Å². The molecule has 0 bridgehead atoms. The molecule has 0 spiro atoms. The Hall–Kier alpha value is -2.60. The molecular weight excluding hydrogens is 354 g/mol. The van der Waals surface area contributed by atoms with Crippen LogP contribution in [0, 0.1) is 20.8 Å². The van der Waals surface area contributed by atoms with Crippen LogP contribution < -0.4 is 9.80 Å². The molecule has 1 atom stereocenters. The fourth-order valence-corrected chi connectivity index (χ4v) is 4.19. The molecule has 1 aromatic carbocycles. The maximum atomic E-state index is 13.1. The van der Waals surface area contributed by atoms with Gasteiger partial charge in [-0.05, 0) is 44.9 Å². The maximum Gasteiger partial charge on any atom is 0.339 e. The summed E-state index contributed by atoms with van der Waals surface area (Å²) in [6.45, 7) is 11.4. The zero-order chi connectivity index (χ0) is 20.4. The molecule has 1 fully saturated rings. The van der Waals surface area contributed by atoms with Gasteiger partial charge in [0.25, 0.3) is 0 Å². The van der Waals surface area contributed by atoms with Crippen molar-refractivity contribution in [2.24, 2.45) is 0 Å². The van der Waals surface area contributed by atoms with Crippen LogP contribution in [-0.2, 0) is 4.74 Å². The molecule has 1 aliphatic rings. The minimum Gasteiger partial charge on any atom is -0.465 e. The molecule has 2 N–H and O–H groups in total. The minimum absolute atomic E-state index is 0.0510. The lowest BCUT2D eigenvalue weighted by molar-refractivity contribution is -0.914. The second kappa shape index (κ2) is 8.19. The number of carbonyl (C=O) groups is 2. The van der Waals surface area contributed by atoms with E-state index in [4.69, 9.17) is 4.74 Å². The Balaban J connectivity index is 1.70. The van der Waals surface area contributed by atoms with Crippen LogP contribution >= 0.6 is 0 Å². The van der Waals surface area contributed by atoms with Crippen molar-refractivity contribution < 1.29 is 19.2 Å². The summed E-state index contributed by atoms with van der Waals surface area (Å²) >= 11 is 0. The fourth-order valence-electron chi connectivity index (χ4n) is 4.19. The van der Waals surface area contributed by atoms with E-state index in [1.807, 2.05) is 6.92 Å². The van der Waals surface area contributed by atoms with E-state index in [1.165, 1.54) is 23.3 Å². The summed E-state index contributed by atoms with van der Waals surface area (Å²) in [6.07, 6.45) is 0. The molecule has 2 heterocycles. The summed E-state index contributed by atoms with van der Waals surface area (Å²) in [6, 6.07) is 8.26. The highest BCUT2D eigenvalue weighted by atomic mass is 16.5. The van der Waals surface area contributed by atoms with Gasteiger partial charge >= 0.3 is 5.97 Å². The smallest absolute Gasteiger partial charge is 0.339 e. The van der Waals surface area contributed by atoms with Crippen molar-refractivity contribution >= 4 is 17.4 Å². The average molecular weight is 385 g/mol. The van der Waals surface area contributed by atoms with E-state index in [-0.39, 0.29) is 11.8 Å². The lowest BCUT2D eigenvalue weighted by Crippen LogP contribution is -3.18. The van der Waals surface area contributed by atoms with E-state index in [9.17, 15) is 9.59 Å². The number of aromatic amines is 1. The normalized spacial score (nSPS) is 16.1. The molecule has 0 unspecified atom stereocenters. The third kappa shape index (κ3) is 3.69. The van der Waals surface area contributed by atoms with E-state index >= 15 is 0 Å². The summed E-state index contributed by atoms with van der Waals surface area (Å²) in [4.78, 5) is 31.9. The number of aromatic nitrogens is 1. The molecule has 150 valence electrons. The van der Waals surface area contributed by atoms with Crippen LogP contribution in [0.25, 0.3) is 0 Å². The number of hydrogen-bond acceptors (Lipinski definition) is 4. The average Bonchev–Trinajstić information content (AvgIpc) is 3.01. The number of ether oxygens (including phenoxy) is 1. The van der Waals surface area contributed by atoms with Crippen LogP contribution in [-0.4, -0.2) is 56.1 Å². The van der Waals surface area contributed by atoms with Crippen LogP contribution in [0.1, 0.15) is 44.6 Å². The monoisotopic (exact) mass is 384 g/mol. The zero-order valence-electron chi connectivity index (χ0n) is 17.4. The van der Waals surface area contributed by atoms with Gasteiger partial charge in [-0.15, -0.1) is 0 Å². The van der Waals surface area contributed by atoms with Gasteiger partial charge in [-0.3, -0.25) is 4.79 Å². The predicted octanol–water partition coefficient (Wildman–Crippen LogP) is 1.70. The van der Waals surface area contributed by atoms with Gasteiger partial charge in [-0.25, -0.2) is 4.79 Å². The number of nitrogens with zero attached hydrogens (tertiary/aromatic N) is 1. The number of aryl methyl sites for hydroxylation is 2. The van der Waals surface area contributed by atoms with Crippen molar-refractivity contribution in [1.29, 1.82) is 0 Å². The van der Waals surface area contributed by atoms with E-state index < -0.39 is 5.97 Å². The Bertz CT molecular complexity index is 879. The second-order valence-electron chi connectivity index (χ2n) is 7.63. The number of para-hydroxylation sites is 1. The number of benzene rings is 1. The van der Waals surface area contributed by atoms with Crippen LogP contribution in [0.15, 0.2) is 24.3 Å². The number of rotatable bonds is 5. The fraction of sp³-hybridized carbons (Fsp3) is 0.455. The Kier molecular flexibility index (Phi) is 5.89. The number of esters is 1. The summed E-state index contributed by atoms with van der Waals surface area (Å²) in [5, 5.41) is 0. The van der Waals surface area contributed by atoms with Gasteiger partial charge in [-0.1, -0.05) is 18.2 Å². The molecule has 0 saturated carbocycles. The number of piperazine rings is 1. The number of nitrogens with one attached hydrogen (secondary N) is 2. The topological polar surface area (TPSA) is 66.8 Å². The maximum absolute atomic E-state index is 13.1. The van der Waals surface area contributed by atoms with Crippen molar-refractivity contribution in [3.05, 3.63) is 52.3 Å². The number of methoxy groups -OCH3 is 1. The molecule has 2 aromatic rings. The first-order chi connectivity index (χ1) is 13.3. The van der Waals surface area contributed by atoms with Gasteiger partial charge in [0.2, 0.25) is 5.78 Å². The van der Waals surface area contributed by atoms with Gasteiger partial charge in [0.1, 0.15) is 0 Å². The molecular formula is C22H30N3O3+. The lowest BCUT2D eigenvalue weighted by atomic mass is 10.0. The summed E-state index contributed by atoms with van der Waals surface area (Å²) < 4.78 is 4.85. The molecule has 28 heavy (non-hydrogen) atoms. The number of ketones is 1. The number of hydrogen-bond donors (Lipinski definition) is 2. The molecule has 6 heteroatoms. The first-order valence-electron chi connectivity index (χ1n) is 9.82. The quantitative estimate of drug-likeness (QED) is 0.608. The van der Waals surface area contributed by atoms with Gasteiger partial charge < -0.3 is 19.5 Å². The molecule has 3 rings (SSSR count). The van der Waals surface area contributed by atoms with E-state index in [0.717, 1.165) is 26.2 Å². The van der Waals surface area contributed by atoms with Gasteiger partial charge in [0.15, 0.2) is 6.04 Å². The minimum atomic E-state index is -0.405. The number of Topliss-reactive ketones (excluding diaryl/α,β-unsaturated/α-hetero) is 1. The molecule has 0 amide bonds. The standard InChI is InChI=1S/C22H29N3O3/c1-14-8-6-7-9-18(14)25-12-10-24(11-13-25)17(4)21(26)20-15(2)19(16(3)23-20)22(27)28-5/h6-9,17,23H,10-13H2,1-5H3/p+1/t17-/m0/s1. The first kappa shape index (κ1) is 20.1. The second-order valence-corrected chi connectivity index (χ2v) is 7.63. The Morgan fingerprint density at radius 2 is 1.79 bits per heavy atom. The highest BCUT2D eigenvalue weighted by Gasteiger charge is 2.33. The Labute approximate surface area is 166 Å². The van der Waals surface area contributed by atoms with Crippen LogP contribution in [0.4, 0.5) is 5.69 Å². The molecule has 1 saturated heterocycles. The molecule has 0 aliphatic carbocycles. The molecule has 1 aromatic heterocycles. The third-order valence-electron chi connectivity index (χ3n) is 5.94. The first-order valence-corrected chi connectivity index (χ1v) is 9.82. The van der Waals surface area contributed by atoms with Gasteiger partial charge in [-0.2, -0.15) is 0 Å². The number of quaternary nitrogens is 1. The highest BCUT2D eigenvalue weighted by molar-refractivity contribution is 6.03. The zero-order valence-corrected chi connectivity index (χ0v) is 17.4. The molecule has 1 aliphatic heterocycles.